The molecular weight excluding hydrogens is 262 g/mol. The molecule has 0 aliphatic carbocycles. The van der Waals surface area contributed by atoms with E-state index in [9.17, 15) is 0 Å². The average molecular weight is 283 g/mol. The lowest BCUT2D eigenvalue weighted by Crippen LogP contribution is -2.40. The first-order valence-electron chi connectivity index (χ1n) is 7.05. The van der Waals surface area contributed by atoms with Crippen LogP contribution in [0.4, 0.5) is 0 Å². The van der Waals surface area contributed by atoms with Crippen LogP contribution in [0, 0.1) is 0 Å². The molecule has 1 aromatic heterocycles. The SMILES string of the molecule is OCCCc1cn(C2CCOC3(CCSC3)C2)nn1. The Morgan fingerprint density at radius 1 is 1.58 bits per heavy atom. The second kappa shape index (κ2) is 5.81. The number of thioether (sulfide) groups is 1. The van der Waals surface area contributed by atoms with Gasteiger partial charge in [0.25, 0.3) is 0 Å². The molecule has 106 valence electrons. The van der Waals surface area contributed by atoms with Crippen LogP contribution in [0.1, 0.15) is 37.4 Å². The molecule has 1 N–H and O–H groups in total. The highest BCUT2D eigenvalue weighted by molar-refractivity contribution is 7.99. The third-order valence-electron chi connectivity index (χ3n) is 4.06. The molecule has 6 heteroatoms. The van der Waals surface area contributed by atoms with E-state index in [1.807, 2.05) is 22.6 Å². The minimum absolute atomic E-state index is 0.0881. The summed E-state index contributed by atoms with van der Waals surface area (Å²) >= 11 is 1.99. The van der Waals surface area contributed by atoms with Crippen LogP contribution in [0.15, 0.2) is 6.20 Å². The van der Waals surface area contributed by atoms with Crippen molar-refractivity contribution in [2.45, 2.75) is 43.7 Å². The van der Waals surface area contributed by atoms with Crippen LogP contribution in [0.25, 0.3) is 0 Å². The summed E-state index contributed by atoms with van der Waals surface area (Å²) in [6, 6.07) is 0.419. The zero-order chi connectivity index (χ0) is 13.1. The summed E-state index contributed by atoms with van der Waals surface area (Å²) in [6.45, 7) is 1.04. The summed E-state index contributed by atoms with van der Waals surface area (Å²) in [5, 5.41) is 17.3. The van der Waals surface area contributed by atoms with Gasteiger partial charge in [-0.2, -0.15) is 11.8 Å². The van der Waals surface area contributed by atoms with Crippen LogP contribution in [0.3, 0.4) is 0 Å². The van der Waals surface area contributed by atoms with Crippen molar-refractivity contribution in [2.24, 2.45) is 0 Å². The molecule has 2 aliphatic heterocycles. The Kier molecular flexibility index (Phi) is 4.10. The van der Waals surface area contributed by atoms with Gasteiger partial charge in [0.05, 0.1) is 17.3 Å². The highest BCUT2D eigenvalue weighted by Crippen LogP contribution is 2.41. The number of hydrogen-bond acceptors (Lipinski definition) is 5. The zero-order valence-corrected chi connectivity index (χ0v) is 11.9. The standard InChI is InChI=1S/C13H21N3O2S/c17-5-1-2-11-9-16(15-14-11)12-3-6-18-13(8-12)4-7-19-10-13/h9,12,17H,1-8,10H2. The Hall–Kier alpha value is -0.590. The van der Waals surface area contributed by atoms with E-state index in [2.05, 4.69) is 10.3 Å². The Labute approximate surface area is 117 Å². The Morgan fingerprint density at radius 2 is 2.53 bits per heavy atom. The van der Waals surface area contributed by atoms with Gasteiger partial charge < -0.3 is 9.84 Å². The number of rotatable bonds is 4. The molecule has 2 atom stereocenters. The van der Waals surface area contributed by atoms with Crippen molar-refractivity contribution in [2.75, 3.05) is 24.7 Å². The molecule has 3 heterocycles. The highest BCUT2D eigenvalue weighted by Gasteiger charge is 2.41. The second-order valence-electron chi connectivity index (χ2n) is 5.50. The lowest BCUT2D eigenvalue weighted by molar-refractivity contribution is -0.0780. The maximum atomic E-state index is 8.85. The summed E-state index contributed by atoms with van der Waals surface area (Å²) in [5.41, 5.74) is 1.07. The van der Waals surface area contributed by atoms with Crippen molar-refractivity contribution < 1.29 is 9.84 Å². The van der Waals surface area contributed by atoms with Crippen molar-refractivity contribution in [3.05, 3.63) is 11.9 Å². The quantitative estimate of drug-likeness (QED) is 0.906. The summed E-state index contributed by atoms with van der Waals surface area (Å²) in [7, 11) is 0. The predicted octanol–water partition coefficient (Wildman–Crippen LogP) is 1.43. The maximum Gasteiger partial charge on any atom is 0.0828 e. The van der Waals surface area contributed by atoms with E-state index in [0.717, 1.165) is 43.7 Å². The van der Waals surface area contributed by atoms with Gasteiger partial charge in [0.1, 0.15) is 0 Å². The van der Waals surface area contributed by atoms with Crippen molar-refractivity contribution in [3.63, 3.8) is 0 Å². The van der Waals surface area contributed by atoms with Crippen molar-refractivity contribution in [3.8, 4) is 0 Å². The van der Waals surface area contributed by atoms with E-state index in [-0.39, 0.29) is 12.2 Å². The largest absolute Gasteiger partial charge is 0.396 e. The third kappa shape index (κ3) is 2.95. The van der Waals surface area contributed by atoms with E-state index in [1.165, 1.54) is 12.2 Å². The van der Waals surface area contributed by atoms with Crippen LogP contribution < -0.4 is 0 Å². The van der Waals surface area contributed by atoms with Crippen LogP contribution in [0.2, 0.25) is 0 Å². The van der Waals surface area contributed by atoms with E-state index in [0.29, 0.717) is 6.04 Å². The average Bonchev–Trinajstić information content (AvgIpc) is 3.06. The van der Waals surface area contributed by atoms with Crippen LogP contribution in [-0.2, 0) is 11.2 Å². The van der Waals surface area contributed by atoms with Gasteiger partial charge in [0.2, 0.25) is 0 Å². The lowest BCUT2D eigenvalue weighted by atomic mass is 9.90. The zero-order valence-electron chi connectivity index (χ0n) is 11.1. The molecule has 5 nitrogen and oxygen atoms in total. The number of aliphatic hydroxyl groups is 1. The van der Waals surface area contributed by atoms with E-state index in [4.69, 9.17) is 9.84 Å². The summed E-state index contributed by atoms with van der Waals surface area (Å²) in [4.78, 5) is 0. The minimum Gasteiger partial charge on any atom is -0.396 e. The molecule has 2 aliphatic rings. The smallest absolute Gasteiger partial charge is 0.0828 e. The first kappa shape index (κ1) is 13.4. The number of nitrogens with zero attached hydrogens (tertiary/aromatic N) is 3. The molecule has 1 spiro atoms. The van der Waals surface area contributed by atoms with Crippen LogP contribution >= 0.6 is 11.8 Å². The Morgan fingerprint density at radius 3 is 3.32 bits per heavy atom. The Balaban J connectivity index is 1.66. The molecule has 0 radical (unpaired) electrons. The molecule has 2 unspecified atom stereocenters. The van der Waals surface area contributed by atoms with Crippen LogP contribution in [0.5, 0.6) is 0 Å². The number of aryl methyl sites for hydroxylation is 1. The fourth-order valence-electron chi connectivity index (χ4n) is 2.96. The van der Waals surface area contributed by atoms with E-state index < -0.39 is 0 Å². The van der Waals surface area contributed by atoms with Gasteiger partial charge in [-0.3, -0.25) is 0 Å². The van der Waals surface area contributed by atoms with Crippen molar-refractivity contribution in [1.82, 2.24) is 15.0 Å². The normalized spacial score (nSPS) is 31.1. The molecule has 0 amide bonds. The van der Waals surface area contributed by atoms with Gasteiger partial charge in [0.15, 0.2) is 0 Å². The summed E-state index contributed by atoms with van der Waals surface area (Å²) < 4.78 is 8.05. The highest BCUT2D eigenvalue weighted by atomic mass is 32.2. The van der Waals surface area contributed by atoms with Gasteiger partial charge in [-0.1, -0.05) is 5.21 Å². The molecule has 0 bridgehead atoms. The molecule has 2 saturated heterocycles. The van der Waals surface area contributed by atoms with Gasteiger partial charge in [0, 0.05) is 25.2 Å². The van der Waals surface area contributed by atoms with Gasteiger partial charge in [-0.25, -0.2) is 4.68 Å². The number of aromatic nitrogens is 3. The molecule has 19 heavy (non-hydrogen) atoms. The molecular formula is C13H21N3O2S. The first-order chi connectivity index (χ1) is 9.31. The fourth-order valence-corrected chi connectivity index (χ4v) is 4.34. The predicted molar refractivity (Wildman–Crippen MR) is 74.3 cm³/mol. The Bertz CT molecular complexity index is 418. The third-order valence-corrected chi connectivity index (χ3v) is 5.28. The first-order valence-corrected chi connectivity index (χ1v) is 8.20. The minimum atomic E-state index is 0.0881. The number of ether oxygens (including phenoxy) is 1. The number of aliphatic hydroxyl groups excluding tert-OH is 1. The van der Waals surface area contributed by atoms with Gasteiger partial charge in [-0.15, -0.1) is 5.10 Å². The summed E-state index contributed by atoms with van der Waals surface area (Å²) in [5.74, 6) is 2.33. The molecule has 2 fully saturated rings. The van der Waals surface area contributed by atoms with Crippen molar-refractivity contribution in [1.29, 1.82) is 0 Å². The topological polar surface area (TPSA) is 60.2 Å². The molecule has 1 aromatic rings. The summed E-state index contributed by atoms with van der Waals surface area (Å²) in [6.07, 6.45) is 6.85. The second-order valence-corrected chi connectivity index (χ2v) is 6.60. The fraction of sp³-hybridized carbons (Fsp3) is 0.846. The monoisotopic (exact) mass is 283 g/mol. The maximum absolute atomic E-state index is 8.85. The van der Waals surface area contributed by atoms with Crippen molar-refractivity contribution >= 4 is 11.8 Å². The molecule has 0 saturated carbocycles. The van der Waals surface area contributed by atoms with Gasteiger partial charge in [-0.05, 0) is 37.9 Å². The van der Waals surface area contributed by atoms with Crippen LogP contribution in [-0.4, -0.2) is 50.4 Å². The van der Waals surface area contributed by atoms with Gasteiger partial charge >= 0.3 is 0 Å². The number of hydrogen-bond donors (Lipinski definition) is 1. The molecule has 3 rings (SSSR count). The molecule has 0 aromatic carbocycles. The van der Waals surface area contributed by atoms with E-state index >= 15 is 0 Å². The lowest BCUT2D eigenvalue weighted by Gasteiger charge is -2.37. The van der Waals surface area contributed by atoms with E-state index in [1.54, 1.807) is 0 Å².